The molecule has 3 rings (SSSR count). The Morgan fingerprint density at radius 3 is 3.21 bits per heavy atom. The first kappa shape index (κ1) is 12.2. The van der Waals surface area contributed by atoms with E-state index in [-0.39, 0.29) is 0 Å². The van der Waals surface area contributed by atoms with Gasteiger partial charge in [-0.25, -0.2) is 4.98 Å². The largest absolute Gasteiger partial charge is 0.493 e. The fraction of sp³-hybridized carbons (Fsp3) is 0.429. The third-order valence-corrected chi connectivity index (χ3v) is 3.27. The van der Waals surface area contributed by atoms with E-state index >= 15 is 0 Å². The van der Waals surface area contributed by atoms with Gasteiger partial charge in [0.2, 0.25) is 0 Å². The molecule has 1 aromatic carbocycles. The summed E-state index contributed by atoms with van der Waals surface area (Å²) in [5.74, 6) is 1.89. The summed E-state index contributed by atoms with van der Waals surface area (Å²) in [5.41, 5.74) is 2.69. The number of hydrogen-bond donors (Lipinski definition) is 1. The summed E-state index contributed by atoms with van der Waals surface area (Å²) in [7, 11) is 1.88. The summed E-state index contributed by atoms with van der Waals surface area (Å²) >= 11 is 0. The van der Waals surface area contributed by atoms with Crippen LogP contribution in [0.5, 0.6) is 5.75 Å². The van der Waals surface area contributed by atoms with Crippen LogP contribution in [-0.2, 0) is 26.4 Å². The Hall–Kier alpha value is -1.88. The normalized spacial score (nSPS) is 13.3. The molecule has 0 fully saturated rings. The zero-order valence-electron chi connectivity index (χ0n) is 11.1. The first-order valence-corrected chi connectivity index (χ1v) is 6.61. The highest BCUT2D eigenvalue weighted by Gasteiger charge is 2.11. The van der Waals surface area contributed by atoms with Crippen LogP contribution >= 0.6 is 0 Å². The lowest BCUT2D eigenvalue weighted by atomic mass is 10.1. The molecule has 0 saturated heterocycles. The van der Waals surface area contributed by atoms with Gasteiger partial charge in [-0.2, -0.15) is 5.10 Å². The molecule has 19 heavy (non-hydrogen) atoms. The average Bonchev–Trinajstić information content (AvgIpc) is 3.03. The fourth-order valence-electron chi connectivity index (χ4n) is 2.29. The summed E-state index contributed by atoms with van der Waals surface area (Å²) in [6.45, 7) is 2.47. The van der Waals surface area contributed by atoms with Gasteiger partial charge in [-0.3, -0.25) is 4.68 Å². The molecule has 1 aliphatic rings. The molecule has 100 valence electrons. The minimum absolute atomic E-state index is 0.717. The van der Waals surface area contributed by atoms with E-state index < -0.39 is 0 Å². The molecule has 1 aromatic heterocycles. The second-order valence-electron chi connectivity index (χ2n) is 4.80. The van der Waals surface area contributed by atoms with Gasteiger partial charge in [0.25, 0.3) is 0 Å². The van der Waals surface area contributed by atoms with Crippen LogP contribution in [0.25, 0.3) is 0 Å². The highest BCUT2D eigenvalue weighted by molar-refractivity contribution is 5.39. The number of nitrogens with zero attached hydrogens (tertiary/aromatic N) is 3. The molecule has 0 amide bonds. The molecular weight excluding hydrogens is 240 g/mol. The Bertz CT molecular complexity index is 564. The number of benzene rings is 1. The quantitative estimate of drug-likeness (QED) is 0.815. The smallest absolute Gasteiger partial charge is 0.164 e. The Morgan fingerprint density at radius 1 is 1.42 bits per heavy atom. The summed E-state index contributed by atoms with van der Waals surface area (Å²) in [6, 6.07) is 6.48. The number of ether oxygens (including phenoxy) is 1. The van der Waals surface area contributed by atoms with Crippen molar-refractivity contribution in [3.8, 4) is 5.75 Å². The molecule has 5 nitrogen and oxygen atoms in total. The topological polar surface area (TPSA) is 52.0 Å². The maximum absolute atomic E-state index is 5.50. The van der Waals surface area contributed by atoms with Gasteiger partial charge in [-0.05, 0) is 30.2 Å². The van der Waals surface area contributed by atoms with Crippen molar-refractivity contribution in [2.75, 3.05) is 13.2 Å². The minimum atomic E-state index is 0.717. The molecule has 0 saturated carbocycles. The van der Waals surface area contributed by atoms with Gasteiger partial charge < -0.3 is 10.1 Å². The lowest BCUT2D eigenvalue weighted by Gasteiger charge is -2.05. The van der Waals surface area contributed by atoms with Crippen LogP contribution in [0, 0.1) is 0 Å². The minimum Gasteiger partial charge on any atom is -0.493 e. The maximum atomic E-state index is 5.50. The summed E-state index contributed by atoms with van der Waals surface area (Å²) < 4.78 is 7.22. The van der Waals surface area contributed by atoms with Crippen LogP contribution in [0.15, 0.2) is 24.5 Å². The van der Waals surface area contributed by atoms with Crippen molar-refractivity contribution in [2.45, 2.75) is 19.4 Å². The molecule has 5 heteroatoms. The van der Waals surface area contributed by atoms with Crippen LogP contribution in [0.3, 0.4) is 0 Å². The highest BCUT2D eigenvalue weighted by atomic mass is 16.5. The van der Waals surface area contributed by atoms with Crippen LogP contribution in [0.1, 0.15) is 17.0 Å². The molecule has 0 radical (unpaired) electrons. The van der Waals surface area contributed by atoms with Crippen molar-refractivity contribution in [3.63, 3.8) is 0 Å². The zero-order valence-corrected chi connectivity index (χ0v) is 11.1. The van der Waals surface area contributed by atoms with Crippen LogP contribution < -0.4 is 10.1 Å². The number of aryl methyl sites for hydroxylation is 1. The predicted octanol–water partition coefficient (Wildman–Crippen LogP) is 1.08. The Morgan fingerprint density at radius 2 is 2.37 bits per heavy atom. The van der Waals surface area contributed by atoms with Gasteiger partial charge in [0.15, 0.2) is 5.82 Å². The van der Waals surface area contributed by atoms with E-state index in [9.17, 15) is 0 Å². The van der Waals surface area contributed by atoms with Crippen LogP contribution in [0.4, 0.5) is 0 Å². The number of nitrogens with one attached hydrogen (secondary N) is 1. The van der Waals surface area contributed by atoms with Crippen molar-refractivity contribution >= 4 is 0 Å². The summed E-state index contributed by atoms with van der Waals surface area (Å²) in [5, 5.41) is 7.59. The van der Waals surface area contributed by atoms with E-state index in [4.69, 9.17) is 4.74 Å². The second kappa shape index (κ2) is 5.40. The van der Waals surface area contributed by atoms with E-state index in [1.807, 2.05) is 7.05 Å². The van der Waals surface area contributed by atoms with Crippen LogP contribution in [-0.4, -0.2) is 27.9 Å². The molecular formula is C14H18N4O. The van der Waals surface area contributed by atoms with Crippen molar-refractivity contribution in [1.82, 2.24) is 20.1 Å². The number of rotatable bonds is 5. The van der Waals surface area contributed by atoms with Crippen molar-refractivity contribution in [3.05, 3.63) is 41.5 Å². The summed E-state index contributed by atoms with van der Waals surface area (Å²) in [6.07, 6.45) is 3.77. The Labute approximate surface area is 112 Å². The van der Waals surface area contributed by atoms with E-state index in [1.54, 1.807) is 11.0 Å². The maximum Gasteiger partial charge on any atom is 0.164 e. The Balaban J connectivity index is 1.47. The first-order chi connectivity index (χ1) is 9.31. The molecule has 0 aliphatic carbocycles. The van der Waals surface area contributed by atoms with E-state index in [2.05, 4.69) is 33.6 Å². The van der Waals surface area contributed by atoms with Gasteiger partial charge in [-0.15, -0.1) is 0 Å². The lowest BCUT2D eigenvalue weighted by Crippen LogP contribution is -2.17. The summed E-state index contributed by atoms with van der Waals surface area (Å²) in [4.78, 5) is 4.18. The zero-order chi connectivity index (χ0) is 13.1. The van der Waals surface area contributed by atoms with Crippen molar-refractivity contribution in [1.29, 1.82) is 0 Å². The van der Waals surface area contributed by atoms with Crippen molar-refractivity contribution in [2.24, 2.45) is 7.05 Å². The predicted molar refractivity (Wildman–Crippen MR) is 72.1 cm³/mol. The van der Waals surface area contributed by atoms with Gasteiger partial charge in [0.1, 0.15) is 12.1 Å². The third-order valence-electron chi connectivity index (χ3n) is 3.27. The fourth-order valence-corrected chi connectivity index (χ4v) is 2.29. The van der Waals surface area contributed by atoms with Gasteiger partial charge in [-0.1, -0.05) is 12.1 Å². The molecule has 1 N–H and O–H groups in total. The molecule has 0 atom stereocenters. The van der Waals surface area contributed by atoms with E-state index in [0.29, 0.717) is 0 Å². The van der Waals surface area contributed by atoms with Gasteiger partial charge in [0, 0.05) is 13.5 Å². The number of hydrogen-bond acceptors (Lipinski definition) is 4. The third kappa shape index (κ3) is 2.93. The lowest BCUT2D eigenvalue weighted by molar-refractivity contribution is 0.357. The number of aromatic nitrogens is 3. The first-order valence-electron chi connectivity index (χ1n) is 6.61. The standard InChI is InChI=1S/C14H18N4O/c1-18-10-16-14(17-18)9-15-6-4-11-2-3-13-12(8-11)5-7-19-13/h2-3,8,10,15H,4-7,9H2,1H3. The highest BCUT2D eigenvalue weighted by Crippen LogP contribution is 2.25. The molecule has 0 spiro atoms. The van der Waals surface area contributed by atoms with Crippen LogP contribution in [0.2, 0.25) is 0 Å². The van der Waals surface area contributed by atoms with E-state index in [0.717, 1.165) is 44.1 Å². The molecule has 2 aromatic rings. The van der Waals surface area contributed by atoms with Gasteiger partial charge >= 0.3 is 0 Å². The molecule has 0 bridgehead atoms. The van der Waals surface area contributed by atoms with Crippen molar-refractivity contribution < 1.29 is 4.74 Å². The monoisotopic (exact) mass is 258 g/mol. The van der Waals surface area contributed by atoms with E-state index in [1.165, 1.54) is 11.1 Å². The second-order valence-corrected chi connectivity index (χ2v) is 4.80. The average molecular weight is 258 g/mol. The molecule has 2 heterocycles. The SMILES string of the molecule is Cn1cnc(CNCCc2ccc3c(c2)CCO3)n1. The van der Waals surface area contributed by atoms with Gasteiger partial charge in [0.05, 0.1) is 13.2 Å². The molecule has 1 aliphatic heterocycles. The molecule has 0 unspecified atom stereocenters. The Kier molecular flexibility index (Phi) is 3.46. The number of fused-ring (bicyclic) bond motifs is 1.